The summed E-state index contributed by atoms with van der Waals surface area (Å²) in [5.74, 6) is -0.309. The zero-order valence-electron chi connectivity index (χ0n) is 14.1. The Morgan fingerprint density at radius 1 is 1.04 bits per heavy atom. The maximum atomic E-state index is 12.2. The number of carbonyl (C=O) groups excluding carboxylic acids is 1. The van der Waals surface area contributed by atoms with E-state index in [1.165, 1.54) is 17.6 Å². The number of carbonyl (C=O) groups is 1. The van der Waals surface area contributed by atoms with Crippen molar-refractivity contribution in [3.8, 4) is 0 Å². The molecule has 0 radical (unpaired) electrons. The van der Waals surface area contributed by atoms with Crippen molar-refractivity contribution >= 4 is 46.7 Å². The molecule has 0 spiro atoms. The van der Waals surface area contributed by atoms with Crippen molar-refractivity contribution in [1.29, 1.82) is 0 Å². The fraction of sp³-hybridized carbons (Fsp3) is 0.118. The highest BCUT2D eigenvalue weighted by Crippen LogP contribution is 2.11. The van der Waals surface area contributed by atoms with Crippen LogP contribution >= 0.6 is 22.7 Å². The number of hydrazone groups is 2. The minimum Gasteiger partial charge on any atom is -0.278 e. The Bertz CT molecular complexity index is 960. The second-order valence-corrected chi connectivity index (χ2v) is 7.36. The van der Waals surface area contributed by atoms with Gasteiger partial charge in [0.15, 0.2) is 0 Å². The highest BCUT2D eigenvalue weighted by atomic mass is 32.1. The molecule has 0 fully saturated rings. The van der Waals surface area contributed by atoms with Gasteiger partial charge in [-0.1, -0.05) is 6.07 Å². The third kappa shape index (κ3) is 5.04. The molecular formula is C17H16N6OS2. The van der Waals surface area contributed by atoms with Gasteiger partial charge in [0.1, 0.15) is 0 Å². The Morgan fingerprint density at radius 3 is 2.31 bits per heavy atom. The van der Waals surface area contributed by atoms with Crippen LogP contribution in [-0.4, -0.2) is 28.3 Å². The predicted molar refractivity (Wildman–Crippen MR) is 106 cm³/mol. The Hall–Kier alpha value is -2.91. The van der Waals surface area contributed by atoms with Gasteiger partial charge < -0.3 is 0 Å². The smallest absolute Gasteiger partial charge is 0.271 e. The molecule has 0 aliphatic rings. The van der Waals surface area contributed by atoms with E-state index in [2.05, 4.69) is 31.0 Å². The summed E-state index contributed by atoms with van der Waals surface area (Å²) in [5, 5.41) is 13.8. The van der Waals surface area contributed by atoms with Crippen molar-refractivity contribution in [2.45, 2.75) is 13.8 Å². The summed E-state index contributed by atoms with van der Waals surface area (Å²) in [7, 11) is 0. The molecule has 0 unspecified atom stereocenters. The molecule has 3 rings (SSSR count). The molecule has 3 aromatic rings. The van der Waals surface area contributed by atoms with Crippen LogP contribution in [0.5, 0.6) is 0 Å². The lowest BCUT2D eigenvalue weighted by atomic mass is 10.2. The number of hydrogen-bond acceptors (Lipinski definition) is 8. The summed E-state index contributed by atoms with van der Waals surface area (Å²) in [5.41, 5.74) is 8.06. The van der Waals surface area contributed by atoms with Crippen LogP contribution in [-0.2, 0) is 0 Å². The number of nitrogens with zero attached hydrogens (tertiary/aromatic N) is 4. The monoisotopic (exact) mass is 384 g/mol. The van der Waals surface area contributed by atoms with Crippen LogP contribution in [0.2, 0.25) is 0 Å². The van der Waals surface area contributed by atoms with Crippen molar-refractivity contribution in [2.24, 2.45) is 10.2 Å². The fourth-order valence-electron chi connectivity index (χ4n) is 2.00. The van der Waals surface area contributed by atoms with Gasteiger partial charge in [0.05, 0.1) is 39.5 Å². The Morgan fingerprint density at radius 2 is 1.69 bits per heavy atom. The SMILES string of the molecule is Cc1nc(/C=N/NC(=O)c2cccc(N/N=C/c3csc(C)n3)c2)cs1. The second-order valence-electron chi connectivity index (χ2n) is 5.23. The van der Waals surface area contributed by atoms with Crippen molar-refractivity contribution in [2.75, 3.05) is 5.43 Å². The molecule has 0 saturated heterocycles. The Balaban J connectivity index is 1.58. The summed E-state index contributed by atoms with van der Waals surface area (Å²) < 4.78 is 0. The third-order valence-electron chi connectivity index (χ3n) is 3.15. The highest BCUT2D eigenvalue weighted by molar-refractivity contribution is 7.10. The first-order valence-corrected chi connectivity index (χ1v) is 9.43. The number of benzene rings is 1. The number of anilines is 1. The topological polar surface area (TPSA) is 91.6 Å². The number of nitrogens with one attached hydrogen (secondary N) is 2. The molecule has 2 aromatic heterocycles. The molecule has 1 aromatic carbocycles. The third-order valence-corrected chi connectivity index (χ3v) is 4.74. The van der Waals surface area contributed by atoms with E-state index in [9.17, 15) is 4.79 Å². The van der Waals surface area contributed by atoms with Gasteiger partial charge in [0.2, 0.25) is 0 Å². The van der Waals surface area contributed by atoms with Crippen LogP contribution in [0.1, 0.15) is 31.8 Å². The number of rotatable bonds is 6. The van der Waals surface area contributed by atoms with Gasteiger partial charge in [-0.15, -0.1) is 22.7 Å². The number of aryl methyl sites for hydroxylation is 2. The van der Waals surface area contributed by atoms with Crippen molar-refractivity contribution in [3.63, 3.8) is 0 Å². The average Bonchev–Trinajstić information content (AvgIpc) is 3.23. The Kier molecular flexibility index (Phi) is 5.82. The highest BCUT2D eigenvalue weighted by Gasteiger charge is 2.05. The van der Waals surface area contributed by atoms with Crippen LogP contribution in [0.15, 0.2) is 45.2 Å². The van der Waals surface area contributed by atoms with E-state index in [-0.39, 0.29) is 5.91 Å². The molecule has 9 heteroatoms. The van der Waals surface area contributed by atoms with E-state index in [4.69, 9.17) is 0 Å². The largest absolute Gasteiger partial charge is 0.278 e. The van der Waals surface area contributed by atoms with Crippen molar-refractivity contribution < 1.29 is 4.79 Å². The molecule has 2 heterocycles. The first-order chi connectivity index (χ1) is 12.6. The van der Waals surface area contributed by atoms with E-state index >= 15 is 0 Å². The van der Waals surface area contributed by atoms with Gasteiger partial charge in [-0.3, -0.25) is 10.2 Å². The van der Waals surface area contributed by atoms with Crippen LogP contribution < -0.4 is 10.9 Å². The molecule has 26 heavy (non-hydrogen) atoms. The normalized spacial score (nSPS) is 11.3. The molecule has 7 nitrogen and oxygen atoms in total. The van der Waals surface area contributed by atoms with Gasteiger partial charge in [-0.05, 0) is 32.0 Å². The molecule has 132 valence electrons. The van der Waals surface area contributed by atoms with Gasteiger partial charge in [-0.25, -0.2) is 15.4 Å². The van der Waals surface area contributed by atoms with Crippen LogP contribution in [0.4, 0.5) is 5.69 Å². The zero-order chi connectivity index (χ0) is 18.4. The van der Waals surface area contributed by atoms with E-state index in [1.54, 1.807) is 35.8 Å². The van der Waals surface area contributed by atoms with Crippen LogP contribution in [0.3, 0.4) is 0 Å². The fourth-order valence-corrected chi connectivity index (χ4v) is 3.13. The number of hydrogen-bond donors (Lipinski definition) is 2. The molecule has 2 N–H and O–H groups in total. The van der Waals surface area contributed by atoms with E-state index < -0.39 is 0 Å². The lowest BCUT2D eigenvalue weighted by Crippen LogP contribution is -2.17. The van der Waals surface area contributed by atoms with Gasteiger partial charge in [0.25, 0.3) is 5.91 Å². The van der Waals surface area contributed by atoms with E-state index in [1.807, 2.05) is 30.7 Å². The van der Waals surface area contributed by atoms with E-state index in [0.717, 1.165) is 21.4 Å². The quantitative estimate of drug-likeness (QED) is 0.503. The van der Waals surface area contributed by atoms with Gasteiger partial charge in [0, 0.05) is 16.3 Å². The molecular weight excluding hydrogens is 368 g/mol. The molecule has 0 aliphatic carbocycles. The van der Waals surface area contributed by atoms with Crippen molar-refractivity contribution in [1.82, 2.24) is 15.4 Å². The minimum absolute atomic E-state index is 0.309. The number of aromatic nitrogens is 2. The zero-order valence-corrected chi connectivity index (χ0v) is 15.8. The average molecular weight is 384 g/mol. The number of thiazole rings is 2. The van der Waals surface area contributed by atoms with Crippen LogP contribution in [0.25, 0.3) is 0 Å². The van der Waals surface area contributed by atoms with E-state index in [0.29, 0.717) is 11.3 Å². The maximum Gasteiger partial charge on any atom is 0.271 e. The summed E-state index contributed by atoms with van der Waals surface area (Å²) >= 11 is 3.09. The summed E-state index contributed by atoms with van der Waals surface area (Å²) in [6.07, 6.45) is 3.15. The Labute approximate surface area is 158 Å². The first-order valence-electron chi connectivity index (χ1n) is 7.67. The molecule has 0 bridgehead atoms. The minimum atomic E-state index is -0.309. The van der Waals surface area contributed by atoms with Gasteiger partial charge >= 0.3 is 0 Å². The lowest BCUT2D eigenvalue weighted by Gasteiger charge is -2.03. The summed E-state index contributed by atoms with van der Waals surface area (Å²) in [6, 6.07) is 6.99. The second kappa shape index (κ2) is 8.45. The predicted octanol–water partition coefficient (Wildman–Crippen LogP) is 3.43. The summed E-state index contributed by atoms with van der Waals surface area (Å²) in [4.78, 5) is 20.7. The standard InChI is InChI=1S/C17H16N6OS2/c1-11-20-15(9-25-11)7-18-22-14-5-3-4-13(6-14)17(24)23-19-8-16-10-26-12(2)21-16/h3-10,22H,1-2H3,(H,23,24)/b18-7+,19-8+. The lowest BCUT2D eigenvalue weighted by molar-refractivity contribution is 0.0955. The van der Waals surface area contributed by atoms with Crippen LogP contribution in [0, 0.1) is 13.8 Å². The van der Waals surface area contributed by atoms with Crippen molar-refractivity contribution in [3.05, 3.63) is 62.0 Å². The first kappa shape index (κ1) is 17.9. The molecule has 0 aliphatic heterocycles. The van der Waals surface area contributed by atoms with Gasteiger partial charge in [-0.2, -0.15) is 10.2 Å². The molecule has 0 saturated carbocycles. The number of amides is 1. The summed E-state index contributed by atoms with van der Waals surface area (Å²) in [6.45, 7) is 3.85. The molecule has 1 amide bonds. The maximum absolute atomic E-state index is 12.2. The molecule has 0 atom stereocenters.